The lowest BCUT2D eigenvalue weighted by molar-refractivity contribution is 1.18. The lowest BCUT2D eigenvalue weighted by atomic mass is 10.0. The first kappa shape index (κ1) is 22.7. The van der Waals surface area contributed by atoms with Crippen molar-refractivity contribution in [1.29, 1.82) is 0 Å². The van der Waals surface area contributed by atoms with E-state index in [1.807, 2.05) is 24.8 Å². The SMILES string of the molecule is c1ccc(-n2c3ccccc3c3c2ccc2c4ccc5c(c6cnccc6n6ccnc56)c4n(-c4ccccc4)c23)cc1. The first-order valence-corrected chi connectivity index (χ1v) is 14.5. The van der Waals surface area contributed by atoms with Gasteiger partial charge in [0.1, 0.15) is 5.65 Å². The lowest BCUT2D eigenvalue weighted by Crippen LogP contribution is -1.97. The molecule has 0 radical (unpaired) electrons. The largest absolute Gasteiger partial charge is 0.309 e. The fraction of sp³-hybridized carbons (Fsp3) is 0. The van der Waals surface area contributed by atoms with E-state index in [9.17, 15) is 0 Å². The van der Waals surface area contributed by atoms with Gasteiger partial charge in [0.2, 0.25) is 0 Å². The summed E-state index contributed by atoms with van der Waals surface area (Å²) in [7, 11) is 0. The molecule has 0 atom stereocenters. The van der Waals surface area contributed by atoms with Crippen LogP contribution in [-0.2, 0) is 0 Å². The van der Waals surface area contributed by atoms with E-state index >= 15 is 0 Å². The van der Waals surface area contributed by atoms with Crippen LogP contribution in [0, 0.1) is 0 Å². The third-order valence-electron chi connectivity index (χ3n) is 8.96. The summed E-state index contributed by atoms with van der Waals surface area (Å²) >= 11 is 0. The molecule has 10 rings (SSSR count). The Balaban J connectivity index is 1.53. The molecule has 0 fully saturated rings. The molecule has 0 aliphatic rings. The Morgan fingerprint density at radius 3 is 1.93 bits per heavy atom. The van der Waals surface area contributed by atoms with Gasteiger partial charge in [-0.2, -0.15) is 0 Å². The van der Waals surface area contributed by atoms with Crippen molar-refractivity contribution < 1.29 is 0 Å². The van der Waals surface area contributed by atoms with Crippen molar-refractivity contribution in [3.63, 3.8) is 0 Å². The highest BCUT2D eigenvalue weighted by atomic mass is 15.0. The normalized spacial score (nSPS) is 12.2. The molecule has 5 heteroatoms. The van der Waals surface area contributed by atoms with Crippen LogP contribution in [0.1, 0.15) is 0 Å². The quantitative estimate of drug-likeness (QED) is 0.202. The Kier molecular flexibility index (Phi) is 4.39. The molecule has 0 aliphatic carbocycles. The fourth-order valence-electron chi connectivity index (χ4n) is 7.28. The molecule has 0 spiro atoms. The second kappa shape index (κ2) is 8.30. The molecule has 0 amide bonds. The second-order valence-electron chi connectivity index (χ2n) is 11.1. The van der Waals surface area contributed by atoms with Crippen molar-refractivity contribution in [2.24, 2.45) is 0 Å². The number of fused-ring (bicyclic) bond motifs is 14. The van der Waals surface area contributed by atoms with Gasteiger partial charge in [0, 0.05) is 73.9 Å². The van der Waals surface area contributed by atoms with E-state index in [-0.39, 0.29) is 0 Å². The summed E-state index contributed by atoms with van der Waals surface area (Å²) in [4.78, 5) is 9.42. The minimum absolute atomic E-state index is 0.950. The molecular weight excluding hydrogens is 526 g/mol. The Morgan fingerprint density at radius 2 is 1.12 bits per heavy atom. The van der Waals surface area contributed by atoms with Crippen LogP contribution in [0.3, 0.4) is 0 Å². The first-order chi connectivity index (χ1) is 21.4. The van der Waals surface area contributed by atoms with E-state index in [0.29, 0.717) is 0 Å². The van der Waals surface area contributed by atoms with E-state index in [4.69, 9.17) is 4.98 Å². The van der Waals surface area contributed by atoms with Gasteiger partial charge < -0.3 is 9.13 Å². The van der Waals surface area contributed by atoms with Crippen LogP contribution in [-0.4, -0.2) is 23.5 Å². The van der Waals surface area contributed by atoms with Crippen molar-refractivity contribution in [3.8, 4) is 11.4 Å². The molecule has 0 unspecified atom stereocenters. The fourth-order valence-corrected chi connectivity index (χ4v) is 7.28. The molecule has 200 valence electrons. The molecule has 5 heterocycles. The predicted octanol–water partition coefficient (Wildman–Crippen LogP) is 9.23. The number of rotatable bonds is 2. The van der Waals surface area contributed by atoms with Crippen molar-refractivity contribution >= 4 is 70.9 Å². The molecule has 5 aromatic carbocycles. The highest BCUT2D eigenvalue weighted by Crippen LogP contribution is 2.45. The smallest absolute Gasteiger partial charge is 0.145 e. The zero-order valence-electron chi connectivity index (χ0n) is 23.0. The van der Waals surface area contributed by atoms with Crippen LogP contribution in [0.15, 0.2) is 140 Å². The van der Waals surface area contributed by atoms with E-state index in [1.165, 1.54) is 49.0 Å². The number of pyridine rings is 2. The highest BCUT2D eigenvalue weighted by Gasteiger charge is 2.23. The number of nitrogens with zero attached hydrogens (tertiary/aromatic N) is 5. The molecule has 5 aromatic heterocycles. The van der Waals surface area contributed by atoms with Crippen LogP contribution >= 0.6 is 0 Å². The van der Waals surface area contributed by atoms with E-state index in [2.05, 4.69) is 134 Å². The third kappa shape index (κ3) is 2.90. The molecule has 43 heavy (non-hydrogen) atoms. The zero-order valence-corrected chi connectivity index (χ0v) is 23.0. The Morgan fingerprint density at radius 1 is 0.442 bits per heavy atom. The van der Waals surface area contributed by atoms with Gasteiger partial charge in [-0.3, -0.25) is 9.38 Å². The van der Waals surface area contributed by atoms with Gasteiger partial charge >= 0.3 is 0 Å². The minimum atomic E-state index is 0.950. The zero-order chi connectivity index (χ0) is 28.1. The Labute approximate surface area is 245 Å². The lowest BCUT2D eigenvalue weighted by Gasteiger charge is -2.13. The van der Waals surface area contributed by atoms with Crippen LogP contribution in [0.25, 0.3) is 82.3 Å². The second-order valence-corrected chi connectivity index (χ2v) is 11.1. The summed E-state index contributed by atoms with van der Waals surface area (Å²) in [5.41, 5.74) is 9.08. The standard InChI is InChI=1S/C38H23N5/c1-3-9-24(10-4-1)42-32-14-8-7-13-28(32)35-33(42)18-17-27-26-15-16-29-34(36(26)43(37(27)35)25-11-5-2-6-12-25)30-23-39-20-19-31(30)41-22-21-40-38(29)41/h1-23H. The summed E-state index contributed by atoms with van der Waals surface area (Å²) in [6, 6.07) is 41.4. The summed E-state index contributed by atoms with van der Waals surface area (Å²) in [5, 5.41) is 8.31. The van der Waals surface area contributed by atoms with Crippen molar-refractivity contribution in [1.82, 2.24) is 23.5 Å². The van der Waals surface area contributed by atoms with Gasteiger partial charge in [0.05, 0.1) is 27.6 Å². The molecule has 5 nitrogen and oxygen atoms in total. The first-order valence-electron chi connectivity index (χ1n) is 14.5. The third-order valence-corrected chi connectivity index (χ3v) is 8.96. The molecule has 0 saturated heterocycles. The van der Waals surface area contributed by atoms with Crippen LogP contribution in [0.5, 0.6) is 0 Å². The summed E-state index contributed by atoms with van der Waals surface area (Å²) in [5.74, 6) is 0. The summed E-state index contributed by atoms with van der Waals surface area (Å²) in [6.45, 7) is 0. The van der Waals surface area contributed by atoms with Gasteiger partial charge in [-0.15, -0.1) is 0 Å². The van der Waals surface area contributed by atoms with E-state index < -0.39 is 0 Å². The van der Waals surface area contributed by atoms with Crippen molar-refractivity contribution in [2.75, 3.05) is 0 Å². The number of aromatic nitrogens is 5. The molecule has 0 aliphatic heterocycles. The van der Waals surface area contributed by atoms with Crippen molar-refractivity contribution in [3.05, 3.63) is 140 Å². The van der Waals surface area contributed by atoms with Gasteiger partial charge in [0.15, 0.2) is 0 Å². The number of hydrogen-bond donors (Lipinski definition) is 0. The molecular formula is C38H23N5. The average molecular weight is 550 g/mol. The Hall–Kier alpha value is -5.94. The van der Waals surface area contributed by atoms with E-state index in [0.717, 1.165) is 33.3 Å². The van der Waals surface area contributed by atoms with Gasteiger partial charge in [-0.1, -0.05) is 66.7 Å². The average Bonchev–Trinajstić information content (AvgIpc) is 3.78. The highest BCUT2D eigenvalue weighted by molar-refractivity contribution is 6.32. The molecule has 0 N–H and O–H groups in total. The maximum atomic E-state index is 4.82. The number of para-hydroxylation sites is 3. The maximum absolute atomic E-state index is 4.82. The van der Waals surface area contributed by atoms with Gasteiger partial charge in [0.25, 0.3) is 0 Å². The Bertz CT molecular complexity index is 2710. The predicted molar refractivity (Wildman–Crippen MR) is 177 cm³/mol. The summed E-state index contributed by atoms with van der Waals surface area (Å²) in [6.07, 6.45) is 7.78. The number of imidazole rings is 1. The summed E-state index contributed by atoms with van der Waals surface area (Å²) < 4.78 is 7.04. The van der Waals surface area contributed by atoms with Crippen molar-refractivity contribution in [2.45, 2.75) is 0 Å². The van der Waals surface area contributed by atoms with Gasteiger partial charge in [-0.05, 0) is 48.5 Å². The van der Waals surface area contributed by atoms with E-state index in [1.54, 1.807) is 0 Å². The van der Waals surface area contributed by atoms with Crippen LogP contribution < -0.4 is 0 Å². The molecule has 0 bridgehead atoms. The van der Waals surface area contributed by atoms with Gasteiger partial charge in [-0.25, -0.2) is 4.98 Å². The number of benzene rings is 5. The minimum Gasteiger partial charge on any atom is -0.309 e. The number of hydrogen-bond acceptors (Lipinski definition) is 2. The topological polar surface area (TPSA) is 40.1 Å². The van der Waals surface area contributed by atoms with Crippen LogP contribution in [0.2, 0.25) is 0 Å². The molecule has 10 aromatic rings. The molecule has 0 saturated carbocycles. The van der Waals surface area contributed by atoms with Crippen LogP contribution in [0.4, 0.5) is 0 Å². The monoisotopic (exact) mass is 549 g/mol. The maximum Gasteiger partial charge on any atom is 0.145 e.